The predicted octanol–water partition coefficient (Wildman–Crippen LogP) is 1.70. The van der Waals surface area contributed by atoms with Crippen LogP contribution in [-0.2, 0) is 4.79 Å². The maximum absolute atomic E-state index is 11.8. The highest BCUT2D eigenvalue weighted by molar-refractivity contribution is 5.76. The van der Waals surface area contributed by atoms with E-state index >= 15 is 0 Å². The minimum absolute atomic E-state index is 0.00405. The van der Waals surface area contributed by atoms with E-state index in [1.165, 1.54) is 0 Å². The zero-order valence-corrected chi connectivity index (χ0v) is 12.3. The number of benzene rings is 1. The Hall–Kier alpha value is -1.75. The molecular formula is C16H24N2O3. The van der Waals surface area contributed by atoms with Crippen LogP contribution >= 0.6 is 0 Å². The molecule has 5 heteroatoms. The average molecular weight is 292 g/mol. The van der Waals surface area contributed by atoms with E-state index < -0.39 is 0 Å². The molecule has 1 aliphatic rings. The summed E-state index contributed by atoms with van der Waals surface area (Å²) in [5, 5.41) is 12.4. The molecule has 0 aliphatic heterocycles. The minimum atomic E-state index is -0.151. The van der Waals surface area contributed by atoms with Gasteiger partial charge in [-0.3, -0.25) is 4.79 Å². The molecule has 1 fully saturated rings. The van der Waals surface area contributed by atoms with Gasteiger partial charge in [0, 0.05) is 6.54 Å². The minimum Gasteiger partial charge on any atom is -0.491 e. The van der Waals surface area contributed by atoms with E-state index in [9.17, 15) is 9.90 Å². The molecule has 1 aromatic rings. The first kappa shape index (κ1) is 15.6. The van der Waals surface area contributed by atoms with Gasteiger partial charge in [-0.05, 0) is 43.7 Å². The van der Waals surface area contributed by atoms with E-state index in [0.717, 1.165) is 25.7 Å². The summed E-state index contributed by atoms with van der Waals surface area (Å²) in [6.07, 6.45) is 3.83. The van der Waals surface area contributed by atoms with Crippen LogP contribution in [0.4, 0.5) is 5.69 Å². The van der Waals surface area contributed by atoms with Crippen molar-refractivity contribution in [3.05, 3.63) is 24.3 Å². The summed E-state index contributed by atoms with van der Waals surface area (Å²) in [6, 6.07) is 7.26. The third kappa shape index (κ3) is 5.27. The molecule has 4 N–H and O–H groups in total. The Bertz CT molecular complexity index is 457. The maximum atomic E-state index is 11.8. The van der Waals surface area contributed by atoms with Crippen LogP contribution in [0.3, 0.4) is 0 Å². The second-order valence-corrected chi connectivity index (χ2v) is 5.61. The summed E-state index contributed by atoms with van der Waals surface area (Å²) in [6.45, 7) is 1.02. The van der Waals surface area contributed by atoms with E-state index in [4.69, 9.17) is 10.5 Å². The molecule has 1 amide bonds. The number of carbonyl (C=O) groups excluding carboxylic acids is 1. The fourth-order valence-electron chi connectivity index (χ4n) is 2.56. The van der Waals surface area contributed by atoms with Gasteiger partial charge in [-0.25, -0.2) is 0 Å². The van der Waals surface area contributed by atoms with Gasteiger partial charge in [0.05, 0.1) is 24.8 Å². The fourth-order valence-corrected chi connectivity index (χ4v) is 2.56. The molecule has 1 aromatic carbocycles. The highest BCUT2D eigenvalue weighted by Gasteiger charge is 2.19. The molecule has 0 heterocycles. The summed E-state index contributed by atoms with van der Waals surface area (Å²) in [4.78, 5) is 11.8. The Morgan fingerprint density at radius 1 is 1.29 bits per heavy atom. The molecule has 2 rings (SSSR count). The Morgan fingerprint density at radius 2 is 2.00 bits per heavy atom. The average Bonchev–Trinajstić information content (AvgIpc) is 2.49. The SMILES string of the molecule is Nc1ccccc1OCCC(=O)NCC1CCC(O)CC1. The van der Waals surface area contributed by atoms with Gasteiger partial charge < -0.3 is 20.9 Å². The number of anilines is 1. The monoisotopic (exact) mass is 292 g/mol. The first-order valence-electron chi connectivity index (χ1n) is 7.57. The Balaban J connectivity index is 1.61. The number of hydrogen-bond acceptors (Lipinski definition) is 4. The molecule has 1 saturated carbocycles. The van der Waals surface area contributed by atoms with E-state index in [-0.39, 0.29) is 12.0 Å². The second kappa shape index (κ2) is 7.88. The number of ether oxygens (including phenoxy) is 1. The summed E-state index contributed by atoms with van der Waals surface area (Å²) in [5.74, 6) is 1.10. The van der Waals surface area contributed by atoms with Gasteiger partial charge >= 0.3 is 0 Å². The first-order chi connectivity index (χ1) is 10.1. The molecule has 0 atom stereocenters. The zero-order chi connectivity index (χ0) is 15.1. The van der Waals surface area contributed by atoms with E-state index in [1.54, 1.807) is 12.1 Å². The number of rotatable bonds is 6. The second-order valence-electron chi connectivity index (χ2n) is 5.61. The quantitative estimate of drug-likeness (QED) is 0.697. The highest BCUT2D eigenvalue weighted by atomic mass is 16.5. The van der Waals surface area contributed by atoms with Gasteiger partial charge in [-0.2, -0.15) is 0 Å². The first-order valence-corrected chi connectivity index (χ1v) is 7.57. The van der Waals surface area contributed by atoms with Crippen molar-refractivity contribution in [3.8, 4) is 5.75 Å². The van der Waals surface area contributed by atoms with Gasteiger partial charge in [-0.15, -0.1) is 0 Å². The van der Waals surface area contributed by atoms with Crippen LogP contribution in [0.5, 0.6) is 5.75 Å². The van der Waals surface area contributed by atoms with Gasteiger partial charge in [0.2, 0.25) is 5.91 Å². The molecule has 0 radical (unpaired) electrons. The number of aliphatic hydroxyl groups excluding tert-OH is 1. The molecule has 21 heavy (non-hydrogen) atoms. The smallest absolute Gasteiger partial charge is 0.223 e. The van der Waals surface area contributed by atoms with Crippen LogP contribution < -0.4 is 15.8 Å². The van der Waals surface area contributed by atoms with Crippen molar-refractivity contribution >= 4 is 11.6 Å². The molecule has 0 saturated heterocycles. The number of amides is 1. The number of aliphatic hydroxyl groups is 1. The predicted molar refractivity (Wildman–Crippen MR) is 81.9 cm³/mol. The zero-order valence-electron chi connectivity index (χ0n) is 12.3. The molecule has 116 valence electrons. The lowest BCUT2D eigenvalue weighted by Gasteiger charge is -2.25. The van der Waals surface area contributed by atoms with Gasteiger partial charge in [0.25, 0.3) is 0 Å². The van der Waals surface area contributed by atoms with Crippen molar-refractivity contribution in [2.24, 2.45) is 5.92 Å². The molecule has 5 nitrogen and oxygen atoms in total. The molecule has 1 aliphatic carbocycles. The van der Waals surface area contributed by atoms with Crippen molar-refractivity contribution in [2.75, 3.05) is 18.9 Å². The number of hydrogen-bond donors (Lipinski definition) is 3. The lowest BCUT2D eigenvalue weighted by atomic mass is 9.87. The third-order valence-electron chi connectivity index (χ3n) is 3.91. The van der Waals surface area contributed by atoms with Gasteiger partial charge in [-0.1, -0.05) is 12.1 Å². The Labute approximate surface area is 125 Å². The van der Waals surface area contributed by atoms with E-state index in [2.05, 4.69) is 5.32 Å². The lowest BCUT2D eigenvalue weighted by molar-refractivity contribution is -0.121. The topological polar surface area (TPSA) is 84.6 Å². The maximum Gasteiger partial charge on any atom is 0.223 e. The molecule has 0 aromatic heterocycles. The van der Waals surface area contributed by atoms with Gasteiger partial charge in [0.15, 0.2) is 0 Å². The molecule has 0 unspecified atom stereocenters. The number of nitrogens with one attached hydrogen (secondary N) is 1. The lowest BCUT2D eigenvalue weighted by Crippen LogP contribution is -2.32. The summed E-state index contributed by atoms with van der Waals surface area (Å²) in [7, 11) is 0. The fraction of sp³-hybridized carbons (Fsp3) is 0.562. The molecule has 0 bridgehead atoms. The van der Waals surface area contributed by atoms with Crippen LogP contribution in [0.2, 0.25) is 0 Å². The van der Waals surface area contributed by atoms with Crippen LogP contribution in [0, 0.1) is 5.92 Å². The number of nitrogen functional groups attached to an aromatic ring is 1. The summed E-state index contributed by atoms with van der Waals surface area (Å²) >= 11 is 0. The van der Waals surface area contributed by atoms with Crippen LogP contribution in [0.15, 0.2) is 24.3 Å². The van der Waals surface area contributed by atoms with Crippen molar-refractivity contribution in [2.45, 2.75) is 38.2 Å². The number of carbonyl (C=O) groups is 1. The highest BCUT2D eigenvalue weighted by Crippen LogP contribution is 2.23. The van der Waals surface area contributed by atoms with Crippen LogP contribution in [0.1, 0.15) is 32.1 Å². The Kier molecular flexibility index (Phi) is 5.87. The third-order valence-corrected chi connectivity index (χ3v) is 3.91. The van der Waals surface area contributed by atoms with Crippen molar-refractivity contribution in [1.29, 1.82) is 0 Å². The number of para-hydroxylation sites is 2. The number of nitrogens with two attached hydrogens (primary N) is 1. The molecular weight excluding hydrogens is 268 g/mol. The van der Waals surface area contributed by atoms with Crippen LogP contribution in [-0.4, -0.2) is 30.3 Å². The van der Waals surface area contributed by atoms with Crippen molar-refractivity contribution < 1.29 is 14.6 Å². The van der Waals surface area contributed by atoms with E-state index in [0.29, 0.717) is 36.9 Å². The standard InChI is InChI=1S/C16H24N2O3/c17-14-3-1-2-4-15(14)21-10-9-16(20)18-11-12-5-7-13(19)8-6-12/h1-4,12-13,19H,5-11,17H2,(H,18,20). The summed E-state index contributed by atoms with van der Waals surface area (Å²) in [5.41, 5.74) is 6.34. The van der Waals surface area contributed by atoms with Crippen molar-refractivity contribution in [1.82, 2.24) is 5.32 Å². The summed E-state index contributed by atoms with van der Waals surface area (Å²) < 4.78 is 5.49. The molecule has 0 spiro atoms. The largest absolute Gasteiger partial charge is 0.491 e. The Morgan fingerprint density at radius 3 is 2.71 bits per heavy atom. The van der Waals surface area contributed by atoms with Crippen LogP contribution in [0.25, 0.3) is 0 Å². The normalized spacial score (nSPS) is 21.8. The van der Waals surface area contributed by atoms with Gasteiger partial charge in [0.1, 0.15) is 5.75 Å². The van der Waals surface area contributed by atoms with Crippen molar-refractivity contribution in [3.63, 3.8) is 0 Å². The van der Waals surface area contributed by atoms with E-state index in [1.807, 2.05) is 12.1 Å².